The van der Waals surface area contributed by atoms with Crippen molar-refractivity contribution in [3.63, 3.8) is 0 Å². The van der Waals surface area contributed by atoms with Gasteiger partial charge < -0.3 is 13.7 Å². The third kappa shape index (κ3) is 3.59. The first kappa shape index (κ1) is 15.5. The smallest absolute Gasteiger partial charge is 0.342 e. The highest BCUT2D eigenvalue weighted by molar-refractivity contribution is 7.87. The Morgan fingerprint density at radius 2 is 1.52 bits per heavy atom. The van der Waals surface area contributed by atoms with Crippen molar-refractivity contribution in [3.05, 3.63) is 47.5 Å². The molecule has 2 aromatic rings. The fourth-order valence-electron chi connectivity index (χ4n) is 1.65. The molecule has 0 heterocycles. The van der Waals surface area contributed by atoms with Crippen LogP contribution in [0.2, 0.25) is 5.02 Å². The first-order chi connectivity index (χ1) is 9.96. The molecule has 2 aromatic carbocycles. The minimum Gasteiger partial charge on any atom is -0.497 e. The first-order valence-corrected chi connectivity index (χ1v) is 7.67. The summed E-state index contributed by atoms with van der Waals surface area (Å²) in [5.74, 6) is 0.922. The molecule has 0 bridgehead atoms. The maximum atomic E-state index is 12.3. The summed E-state index contributed by atoms with van der Waals surface area (Å²) >= 11 is 5.83. The zero-order chi connectivity index (χ0) is 15.5. The summed E-state index contributed by atoms with van der Waals surface area (Å²) < 4.78 is 39.7. The van der Waals surface area contributed by atoms with E-state index in [9.17, 15) is 8.42 Å². The van der Waals surface area contributed by atoms with E-state index < -0.39 is 10.1 Å². The molecule has 0 aromatic heterocycles. The van der Waals surface area contributed by atoms with E-state index in [0.29, 0.717) is 5.75 Å². The first-order valence-electron chi connectivity index (χ1n) is 5.88. The van der Waals surface area contributed by atoms with E-state index in [1.165, 1.54) is 44.6 Å². The van der Waals surface area contributed by atoms with Crippen LogP contribution in [0.1, 0.15) is 0 Å². The van der Waals surface area contributed by atoms with Crippen LogP contribution in [0.4, 0.5) is 0 Å². The number of ether oxygens (including phenoxy) is 2. The standard InChI is InChI=1S/C14H13ClO5S/c1-18-11-4-6-12(7-5-11)20-21(16,17)14-9-10(15)3-8-13(14)19-2/h3-9H,1-2H3. The highest BCUT2D eigenvalue weighted by Gasteiger charge is 2.22. The quantitative estimate of drug-likeness (QED) is 0.789. The number of halogens is 1. The van der Waals surface area contributed by atoms with Gasteiger partial charge in [-0.3, -0.25) is 0 Å². The highest BCUT2D eigenvalue weighted by Crippen LogP contribution is 2.30. The molecule has 0 radical (unpaired) electrons. The third-order valence-electron chi connectivity index (χ3n) is 2.66. The summed E-state index contributed by atoms with van der Waals surface area (Å²) in [5.41, 5.74) is 0. The van der Waals surface area contributed by atoms with Crippen LogP contribution in [-0.4, -0.2) is 22.6 Å². The Balaban J connectivity index is 2.35. The second-order valence-electron chi connectivity index (χ2n) is 4.01. The van der Waals surface area contributed by atoms with Crippen molar-refractivity contribution in [2.75, 3.05) is 14.2 Å². The van der Waals surface area contributed by atoms with Crippen molar-refractivity contribution in [2.45, 2.75) is 4.90 Å². The van der Waals surface area contributed by atoms with Crippen molar-refractivity contribution in [3.8, 4) is 17.2 Å². The maximum Gasteiger partial charge on any atom is 0.342 e. The van der Waals surface area contributed by atoms with Crippen LogP contribution in [-0.2, 0) is 10.1 Å². The van der Waals surface area contributed by atoms with Crippen LogP contribution >= 0.6 is 11.6 Å². The van der Waals surface area contributed by atoms with Gasteiger partial charge >= 0.3 is 10.1 Å². The van der Waals surface area contributed by atoms with Gasteiger partial charge in [0.15, 0.2) is 0 Å². The topological polar surface area (TPSA) is 61.8 Å². The molecule has 0 saturated heterocycles. The van der Waals surface area contributed by atoms with Gasteiger partial charge in [-0.1, -0.05) is 11.6 Å². The number of rotatable bonds is 5. The molecular weight excluding hydrogens is 316 g/mol. The Hall–Kier alpha value is -1.92. The lowest BCUT2D eigenvalue weighted by Gasteiger charge is -2.11. The van der Waals surface area contributed by atoms with Crippen LogP contribution in [0, 0.1) is 0 Å². The molecule has 0 aliphatic rings. The highest BCUT2D eigenvalue weighted by atomic mass is 35.5. The Labute approximate surface area is 128 Å². The van der Waals surface area contributed by atoms with Gasteiger partial charge in [0.1, 0.15) is 22.1 Å². The van der Waals surface area contributed by atoms with Crippen LogP contribution in [0.3, 0.4) is 0 Å². The van der Waals surface area contributed by atoms with Crippen LogP contribution in [0.5, 0.6) is 17.2 Å². The van der Waals surface area contributed by atoms with Gasteiger partial charge in [-0.25, -0.2) is 0 Å². The molecule has 0 atom stereocenters. The molecule has 0 fully saturated rings. The summed E-state index contributed by atoms with van der Waals surface area (Å²) in [5, 5.41) is 0.271. The minimum atomic E-state index is -4.05. The van der Waals surface area contributed by atoms with Crippen molar-refractivity contribution in [1.82, 2.24) is 0 Å². The Morgan fingerprint density at radius 1 is 0.905 bits per heavy atom. The van der Waals surface area contributed by atoms with Crippen molar-refractivity contribution in [1.29, 1.82) is 0 Å². The molecule has 2 rings (SSSR count). The molecular formula is C14H13ClO5S. The number of hydrogen-bond acceptors (Lipinski definition) is 5. The van der Waals surface area contributed by atoms with Crippen molar-refractivity contribution in [2.24, 2.45) is 0 Å². The normalized spacial score (nSPS) is 11.0. The molecule has 7 heteroatoms. The van der Waals surface area contributed by atoms with Gasteiger partial charge in [-0.15, -0.1) is 0 Å². The van der Waals surface area contributed by atoms with E-state index in [1.807, 2.05) is 0 Å². The molecule has 0 unspecified atom stereocenters. The zero-order valence-electron chi connectivity index (χ0n) is 11.4. The molecule has 0 amide bonds. The SMILES string of the molecule is COc1ccc(OS(=O)(=O)c2cc(Cl)ccc2OC)cc1. The maximum absolute atomic E-state index is 12.3. The summed E-state index contributed by atoms with van der Waals surface area (Å²) in [4.78, 5) is -0.131. The molecule has 21 heavy (non-hydrogen) atoms. The predicted molar refractivity (Wildman–Crippen MR) is 78.8 cm³/mol. The van der Waals surface area contributed by atoms with E-state index in [-0.39, 0.29) is 21.4 Å². The Morgan fingerprint density at radius 3 is 2.10 bits per heavy atom. The lowest BCUT2D eigenvalue weighted by molar-refractivity contribution is 0.398. The second-order valence-corrected chi connectivity index (χ2v) is 5.96. The van der Waals surface area contributed by atoms with Gasteiger partial charge in [0, 0.05) is 5.02 Å². The molecule has 5 nitrogen and oxygen atoms in total. The van der Waals surface area contributed by atoms with E-state index in [0.717, 1.165) is 0 Å². The van der Waals surface area contributed by atoms with E-state index in [2.05, 4.69) is 0 Å². The average molecular weight is 329 g/mol. The fraction of sp³-hybridized carbons (Fsp3) is 0.143. The largest absolute Gasteiger partial charge is 0.497 e. The Kier molecular flexibility index (Phi) is 4.59. The summed E-state index contributed by atoms with van der Waals surface area (Å²) in [7, 11) is -1.16. The molecule has 112 valence electrons. The second kappa shape index (κ2) is 6.24. The summed E-state index contributed by atoms with van der Waals surface area (Å²) in [6.45, 7) is 0. The number of benzene rings is 2. The average Bonchev–Trinajstić information content (AvgIpc) is 2.47. The molecule has 0 saturated carbocycles. The fourth-order valence-corrected chi connectivity index (χ4v) is 3.01. The summed E-state index contributed by atoms with van der Waals surface area (Å²) in [6.07, 6.45) is 0. The lowest BCUT2D eigenvalue weighted by atomic mass is 10.3. The molecule has 0 aliphatic carbocycles. The molecule has 0 N–H and O–H groups in total. The van der Waals surface area contributed by atoms with Gasteiger partial charge in [0.05, 0.1) is 14.2 Å². The monoisotopic (exact) mass is 328 g/mol. The third-order valence-corrected chi connectivity index (χ3v) is 4.17. The number of methoxy groups -OCH3 is 2. The van der Waals surface area contributed by atoms with Gasteiger partial charge in [0.2, 0.25) is 0 Å². The van der Waals surface area contributed by atoms with Gasteiger partial charge in [0.25, 0.3) is 0 Å². The molecule has 0 aliphatic heterocycles. The van der Waals surface area contributed by atoms with E-state index in [1.54, 1.807) is 12.1 Å². The molecule has 0 spiro atoms. The van der Waals surface area contributed by atoms with Gasteiger partial charge in [-0.05, 0) is 42.5 Å². The number of hydrogen-bond donors (Lipinski definition) is 0. The van der Waals surface area contributed by atoms with Gasteiger partial charge in [-0.2, -0.15) is 8.42 Å². The van der Waals surface area contributed by atoms with E-state index in [4.69, 9.17) is 25.3 Å². The zero-order valence-corrected chi connectivity index (χ0v) is 12.9. The van der Waals surface area contributed by atoms with E-state index >= 15 is 0 Å². The van der Waals surface area contributed by atoms with Crippen LogP contribution in [0.15, 0.2) is 47.4 Å². The Bertz CT molecular complexity index is 726. The minimum absolute atomic E-state index is 0.131. The summed E-state index contributed by atoms with van der Waals surface area (Å²) in [6, 6.07) is 10.5. The van der Waals surface area contributed by atoms with Crippen LogP contribution < -0.4 is 13.7 Å². The van der Waals surface area contributed by atoms with Crippen LogP contribution in [0.25, 0.3) is 0 Å². The van der Waals surface area contributed by atoms with Crippen molar-refractivity contribution >= 4 is 21.7 Å². The lowest BCUT2D eigenvalue weighted by Crippen LogP contribution is -2.11. The van der Waals surface area contributed by atoms with Crippen molar-refractivity contribution < 1.29 is 22.1 Å². The predicted octanol–water partition coefficient (Wildman–Crippen LogP) is 3.12.